The van der Waals surface area contributed by atoms with Gasteiger partial charge in [0.1, 0.15) is 5.76 Å². The van der Waals surface area contributed by atoms with Gasteiger partial charge in [0, 0.05) is 11.3 Å². The summed E-state index contributed by atoms with van der Waals surface area (Å²) < 4.78 is 5.09. The Morgan fingerprint density at radius 3 is 2.19 bits per heavy atom. The number of ether oxygens (including phenoxy) is 1. The van der Waals surface area contributed by atoms with Crippen LogP contribution in [0.3, 0.4) is 0 Å². The first-order valence-corrected chi connectivity index (χ1v) is 8.87. The Kier molecular flexibility index (Phi) is 5.54. The van der Waals surface area contributed by atoms with Gasteiger partial charge in [-0.2, -0.15) is 0 Å². The lowest BCUT2D eigenvalue weighted by atomic mass is 9.70. The fourth-order valence-corrected chi connectivity index (χ4v) is 3.78. The Bertz CT molecular complexity index is 847. The van der Waals surface area contributed by atoms with Crippen LogP contribution in [0, 0.1) is 10.1 Å². The number of hydrogen-bond acceptors (Lipinski definition) is 5. The summed E-state index contributed by atoms with van der Waals surface area (Å²) in [7, 11) is 0. The maximum Gasteiger partial charge on any atom is 0.338 e. The Balaban J connectivity index is 2.18. The van der Waals surface area contributed by atoms with Crippen LogP contribution in [-0.4, -0.2) is 28.6 Å². The molecule has 0 unspecified atom stereocenters. The van der Waals surface area contributed by atoms with Crippen LogP contribution in [-0.2, 0) is 9.53 Å². The standard InChI is InChI=1S/C21H21NO5/c1-2-27-21(24)19-17(23)13-16(14-9-5-3-6-10-14)20(22(25)26)18(19)15-11-7-4-8-12-15/h3-12,16,18,20,23H,2,13H2,1H3/t16-,18+,20+/m1/s1. The van der Waals surface area contributed by atoms with Crippen molar-refractivity contribution in [1.82, 2.24) is 0 Å². The predicted octanol–water partition coefficient (Wildman–Crippen LogP) is 3.98. The van der Waals surface area contributed by atoms with Crippen molar-refractivity contribution >= 4 is 5.97 Å². The summed E-state index contributed by atoms with van der Waals surface area (Å²) in [5.41, 5.74) is 1.35. The highest BCUT2D eigenvalue weighted by atomic mass is 16.6. The van der Waals surface area contributed by atoms with Gasteiger partial charge in [0.25, 0.3) is 0 Å². The summed E-state index contributed by atoms with van der Waals surface area (Å²) in [6.45, 7) is 1.79. The van der Waals surface area contributed by atoms with Gasteiger partial charge in [-0.3, -0.25) is 10.1 Å². The zero-order chi connectivity index (χ0) is 19.4. The number of benzene rings is 2. The predicted molar refractivity (Wildman–Crippen MR) is 100 cm³/mol. The van der Waals surface area contributed by atoms with Crippen LogP contribution in [0.5, 0.6) is 0 Å². The first-order valence-electron chi connectivity index (χ1n) is 8.87. The van der Waals surface area contributed by atoms with E-state index in [2.05, 4.69) is 0 Å². The fraction of sp³-hybridized carbons (Fsp3) is 0.286. The number of aliphatic hydroxyl groups excluding tert-OH is 1. The lowest BCUT2D eigenvalue weighted by molar-refractivity contribution is -0.530. The monoisotopic (exact) mass is 367 g/mol. The largest absolute Gasteiger partial charge is 0.512 e. The van der Waals surface area contributed by atoms with Crippen molar-refractivity contribution in [1.29, 1.82) is 0 Å². The lowest BCUT2D eigenvalue weighted by Crippen LogP contribution is -2.40. The molecule has 0 spiro atoms. The molecule has 2 aromatic rings. The highest BCUT2D eigenvalue weighted by molar-refractivity contribution is 5.91. The maximum atomic E-state index is 12.5. The highest BCUT2D eigenvalue weighted by Gasteiger charge is 2.50. The van der Waals surface area contributed by atoms with Crippen LogP contribution in [0.4, 0.5) is 0 Å². The third-order valence-corrected chi connectivity index (χ3v) is 4.91. The van der Waals surface area contributed by atoms with E-state index in [1.54, 1.807) is 37.3 Å². The van der Waals surface area contributed by atoms with E-state index in [0.717, 1.165) is 5.56 Å². The lowest BCUT2D eigenvalue weighted by Gasteiger charge is -2.33. The molecule has 0 aliphatic heterocycles. The molecular formula is C21H21NO5. The second-order valence-electron chi connectivity index (χ2n) is 6.47. The van der Waals surface area contributed by atoms with Crippen LogP contribution < -0.4 is 0 Å². The number of esters is 1. The van der Waals surface area contributed by atoms with E-state index in [1.807, 2.05) is 30.3 Å². The van der Waals surface area contributed by atoms with Gasteiger partial charge in [0.05, 0.1) is 24.0 Å². The first-order chi connectivity index (χ1) is 13.0. The minimum Gasteiger partial charge on any atom is -0.512 e. The van der Waals surface area contributed by atoms with Gasteiger partial charge in [-0.25, -0.2) is 4.79 Å². The Morgan fingerprint density at radius 2 is 1.67 bits per heavy atom. The van der Waals surface area contributed by atoms with Gasteiger partial charge in [0.15, 0.2) is 0 Å². The summed E-state index contributed by atoms with van der Waals surface area (Å²) in [5.74, 6) is -2.29. The number of carbonyl (C=O) groups is 1. The smallest absolute Gasteiger partial charge is 0.338 e. The summed E-state index contributed by atoms with van der Waals surface area (Å²) in [4.78, 5) is 24.3. The van der Waals surface area contributed by atoms with Gasteiger partial charge in [-0.1, -0.05) is 60.7 Å². The molecule has 1 aliphatic rings. The van der Waals surface area contributed by atoms with Crippen LogP contribution in [0.25, 0.3) is 0 Å². The van der Waals surface area contributed by atoms with Crippen molar-refractivity contribution in [3.05, 3.63) is 93.2 Å². The van der Waals surface area contributed by atoms with Crippen molar-refractivity contribution in [2.75, 3.05) is 6.61 Å². The number of nitro groups is 1. The average molecular weight is 367 g/mol. The third-order valence-electron chi connectivity index (χ3n) is 4.91. The summed E-state index contributed by atoms with van der Waals surface area (Å²) in [5, 5.41) is 22.8. The minimum atomic E-state index is -1.09. The van der Waals surface area contributed by atoms with Crippen LogP contribution in [0.1, 0.15) is 36.3 Å². The number of allylic oxidation sites excluding steroid dienone is 1. The molecule has 0 heterocycles. The normalized spacial score (nSPS) is 22.3. The number of hydrogen-bond donors (Lipinski definition) is 1. The van der Waals surface area contributed by atoms with Crippen LogP contribution in [0.2, 0.25) is 0 Å². The average Bonchev–Trinajstić information content (AvgIpc) is 2.68. The fourth-order valence-electron chi connectivity index (χ4n) is 3.78. The molecule has 27 heavy (non-hydrogen) atoms. The van der Waals surface area contributed by atoms with E-state index in [9.17, 15) is 20.0 Å². The first kappa shape index (κ1) is 18.6. The summed E-state index contributed by atoms with van der Waals surface area (Å²) >= 11 is 0. The highest BCUT2D eigenvalue weighted by Crippen LogP contribution is 2.45. The molecule has 140 valence electrons. The van der Waals surface area contributed by atoms with E-state index in [4.69, 9.17) is 4.74 Å². The Hall–Kier alpha value is -3.15. The SMILES string of the molecule is CCOC(=O)C1=C(O)C[C@H](c2ccccc2)[C@H]([N+](=O)[O-])[C@H]1c1ccccc1. The maximum absolute atomic E-state index is 12.5. The zero-order valence-electron chi connectivity index (χ0n) is 14.9. The molecule has 6 heteroatoms. The van der Waals surface area contributed by atoms with E-state index in [0.29, 0.717) is 5.56 Å². The zero-order valence-corrected chi connectivity index (χ0v) is 14.9. The molecule has 0 saturated carbocycles. The quantitative estimate of drug-likeness (QED) is 0.490. The molecule has 6 nitrogen and oxygen atoms in total. The van der Waals surface area contributed by atoms with Gasteiger partial charge in [0.2, 0.25) is 6.04 Å². The molecule has 0 saturated heterocycles. The third kappa shape index (κ3) is 3.69. The van der Waals surface area contributed by atoms with Crippen molar-refractivity contribution in [2.45, 2.75) is 31.2 Å². The Morgan fingerprint density at radius 1 is 1.11 bits per heavy atom. The van der Waals surface area contributed by atoms with Crippen molar-refractivity contribution in [3.8, 4) is 0 Å². The van der Waals surface area contributed by atoms with E-state index in [1.165, 1.54) is 0 Å². The number of rotatable bonds is 5. The molecule has 2 aromatic carbocycles. The van der Waals surface area contributed by atoms with Gasteiger partial charge >= 0.3 is 5.97 Å². The van der Waals surface area contributed by atoms with Gasteiger partial charge in [-0.05, 0) is 18.1 Å². The van der Waals surface area contributed by atoms with Crippen LogP contribution in [0.15, 0.2) is 72.0 Å². The summed E-state index contributed by atoms with van der Waals surface area (Å²) in [6, 6.07) is 16.8. The topological polar surface area (TPSA) is 89.7 Å². The van der Waals surface area contributed by atoms with Gasteiger partial charge in [-0.15, -0.1) is 0 Å². The Labute approximate surface area is 157 Å². The van der Waals surface area contributed by atoms with E-state index in [-0.39, 0.29) is 29.3 Å². The van der Waals surface area contributed by atoms with E-state index >= 15 is 0 Å². The molecule has 0 fully saturated rings. The second kappa shape index (κ2) is 8.03. The molecule has 0 radical (unpaired) electrons. The number of carbonyl (C=O) groups excluding carboxylic acids is 1. The van der Waals surface area contributed by atoms with Crippen LogP contribution >= 0.6 is 0 Å². The van der Waals surface area contributed by atoms with E-state index < -0.39 is 23.8 Å². The molecule has 3 rings (SSSR count). The summed E-state index contributed by atoms with van der Waals surface area (Å²) in [6.07, 6.45) is 0.0210. The molecule has 1 N–H and O–H groups in total. The van der Waals surface area contributed by atoms with Crippen molar-refractivity contribution < 1.29 is 19.6 Å². The van der Waals surface area contributed by atoms with Gasteiger partial charge < -0.3 is 9.84 Å². The number of nitrogens with zero attached hydrogens (tertiary/aromatic N) is 1. The molecule has 3 atom stereocenters. The molecule has 0 amide bonds. The molecule has 0 aromatic heterocycles. The molecule has 0 bridgehead atoms. The minimum absolute atomic E-state index is 0.0167. The second-order valence-corrected chi connectivity index (χ2v) is 6.47. The van der Waals surface area contributed by atoms with Crippen molar-refractivity contribution in [3.63, 3.8) is 0 Å². The number of aliphatic hydroxyl groups is 1. The van der Waals surface area contributed by atoms with Crippen molar-refractivity contribution in [2.24, 2.45) is 0 Å². The molecule has 1 aliphatic carbocycles. The molecular weight excluding hydrogens is 346 g/mol.